The molecule has 0 aliphatic heterocycles. The van der Waals surface area contributed by atoms with E-state index in [1.807, 2.05) is 13.8 Å². The number of carboxylic acid groups (broad SMARTS) is 1. The number of carboxylic acids is 1. The lowest BCUT2D eigenvalue weighted by molar-refractivity contribution is -0.142. The lowest BCUT2D eigenvalue weighted by Crippen LogP contribution is -2.41. The van der Waals surface area contributed by atoms with Crippen molar-refractivity contribution >= 4 is 5.97 Å². The van der Waals surface area contributed by atoms with E-state index in [4.69, 9.17) is 10.8 Å². The largest absolute Gasteiger partial charge is 0.481 e. The van der Waals surface area contributed by atoms with Gasteiger partial charge in [-0.2, -0.15) is 0 Å². The summed E-state index contributed by atoms with van der Waals surface area (Å²) < 4.78 is 0. The van der Waals surface area contributed by atoms with Crippen molar-refractivity contribution in [1.82, 2.24) is 0 Å². The second kappa shape index (κ2) is 5.17. The number of nitrogens with two attached hydrogens (primary N) is 1. The van der Waals surface area contributed by atoms with Crippen molar-refractivity contribution in [3.8, 4) is 0 Å². The van der Waals surface area contributed by atoms with Crippen LogP contribution in [0.5, 0.6) is 0 Å². The highest BCUT2D eigenvalue weighted by Crippen LogP contribution is 2.35. The number of rotatable bonds is 6. The molecule has 2 atom stereocenters. The minimum Gasteiger partial charge on any atom is -0.481 e. The summed E-state index contributed by atoms with van der Waals surface area (Å²) in [5, 5.41) is 8.91. The van der Waals surface area contributed by atoms with Gasteiger partial charge in [-0.25, -0.2) is 0 Å². The Hall–Kier alpha value is -0.570. The van der Waals surface area contributed by atoms with Crippen LogP contribution in [0.2, 0.25) is 0 Å². The normalized spacial score (nSPS) is 16.9. The van der Waals surface area contributed by atoms with Gasteiger partial charge in [-0.15, -0.1) is 0 Å². The maximum Gasteiger partial charge on any atom is 0.306 e. The summed E-state index contributed by atoms with van der Waals surface area (Å²) in [6.07, 6.45) is 1.65. The van der Waals surface area contributed by atoms with Crippen molar-refractivity contribution in [2.75, 3.05) is 0 Å². The Labute approximate surface area is 99.4 Å². The number of aliphatic carboxylic acids is 1. The summed E-state index contributed by atoms with van der Waals surface area (Å²) in [5.74, 6) is -0.626. The van der Waals surface area contributed by atoms with Crippen LogP contribution in [0.4, 0.5) is 0 Å². The van der Waals surface area contributed by atoms with E-state index in [1.54, 1.807) is 6.92 Å². The fourth-order valence-corrected chi connectivity index (χ4v) is 2.09. The molecule has 0 aromatic heterocycles. The van der Waals surface area contributed by atoms with Crippen LogP contribution in [0.1, 0.15) is 54.4 Å². The molecule has 0 saturated carbocycles. The SMILES string of the molecule is CC(CC(C)(C)CC(C)C(C)(C)N)C(=O)O. The first-order valence-corrected chi connectivity index (χ1v) is 5.97. The van der Waals surface area contributed by atoms with Gasteiger partial charge >= 0.3 is 5.97 Å². The zero-order valence-corrected chi connectivity index (χ0v) is 11.5. The van der Waals surface area contributed by atoms with E-state index in [0.29, 0.717) is 12.3 Å². The Bertz CT molecular complexity index is 241. The predicted molar refractivity (Wildman–Crippen MR) is 67.2 cm³/mol. The van der Waals surface area contributed by atoms with E-state index in [-0.39, 0.29) is 16.9 Å². The van der Waals surface area contributed by atoms with E-state index in [2.05, 4.69) is 20.8 Å². The minimum atomic E-state index is -0.715. The zero-order valence-electron chi connectivity index (χ0n) is 11.5. The van der Waals surface area contributed by atoms with Crippen molar-refractivity contribution in [3.05, 3.63) is 0 Å². The van der Waals surface area contributed by atoms with Crippen molar-refractivity contribution in [2.24, 2.45) is 23.0 Å². The van der Waals surface area contributed by atoms with Crippen molar-refractivity contribution in [1.29, 1.82) is 0 Å². The van der Waals surface area contributed by atoms with Crippen LogP contribution < -0.4 is 5.73 Å². The summed E-state index contributed by atoms with van der Waals surface area (Å²) in [6, 6.07) is 0. The van der Waals surface area contributed by atoms with E-state index in [9.17, 15) is 4.79 Å². The van der Waals surface area contributed by atoms with Gasteiger partial charge in [-0.3, -0.25) is 4.79 Å². The molecule has 0 radical (unpaired) electrons. The van der Waals surface area contributed by atoms with Crippen molar-refractivity contribution in [2.45, 2.75) is 59.9 Å². The predicted octanol–water partition coefficient (Wildman–Crippen LogP) is 2.89. The van der Waals surface area contributed by atoms with E-state index < -0.39 is 5.97 Å². The molecule has 0 spiro atoms. The van der Waals surface area contributed by atoms with Gasteiger partial charge in [0.15, 0.2) is 0 Å². The molecule has 3 heteroatoms. The quantitative estimate of drug-likeness (QED) is 0.736. The first kappa shape index (κ1) is 15.4. The molecular formula is C13H27NO2. The Morgan fingerprint density at radius 2 is 1.62 bits per heavy atom. The molecule has 3 N–H and O–H groups in total. The van der Waals surface area contributed by atoms with Crippen LogP contribution >= 0.6 is 0 Å². The molecule has 2 unspecified atom stereocenters. The van der Waals surface area contributed by atoms with Gasteiger partial charge in [0.25, 0.3) is 0 Å². The molecule has 0 aromatic carbocycles. The van der Waals surface area contributed by atoms with Gasteiger partial charge < -0.3 is 10.8 Å². The van der Waals surface area contributed by atoms with Crippen LogP contribution in [0.15, 0.2) is 0 Å². The van der Waals surface area contributed by atoms with Gasteiger partial charge in [0.05, 0.1) is 5.92 Å². The molecule has 0 bridgehead atoms. The summed E-state index contributed by atoms with van der Waals surface area (Å²) >= 11 is 0. The van der Waals surface area contributed by atoms with Crippen molar-refractivity contribution < 1.29 is 9.90 Å². The van der Waals surface area contributed by atoms with Crippen LogP contribution in [0, 0.1) is 17.3 Å². The molecule has 3 nitrogen and oxygen atoms in total. The highest BCUT2D eigenvalue weighted by atomic mass is 16.4. The maximum atomic E-state index is 10.8. The monoisotopic (exact) mass is 229 g/mol. The van der Waals surface area contributed by atoms with Crippen LogP contribution in [-0.4, -0.2) is 16.6 Å². The minimum absolute atomic E-state index is 0.0217. The summed E-state index contributed by atoms with van der Waals surface area (Å²) in [5.41, 5.74) is 5.88. The van der Waals surface area contributed by atoms with E-state index in [0.717, 1.165) is 6.42 Å². The van der Waals surface area contributed by atoms with E-state index >= 15 is 0 Å². The van der Waals surface area contributed by atoms with Gasteiger partial charge in [-0.05, 0) is 38.0 Å². The molecule has 0 amide bonds. The molecule has 0 rings (SSSR count). The second-order valence-electron chi connectivity index (χ2n) is 6.53. The lowest BCUT2D eigenvalue weighted by Gasteiger charge is -2.35. The maximum absolute atomic E-state index is 10.8. The topological polar surface area (TPSA) is 63.3 Å². The fourth-order valence-electron chi connectivity index (χ4n) is 2.09. The van der Waals surface area contributed by atoms with Crippen molar-refractivity contribution in [3.63, 3.8) is 0 Å². The number of hydrogen-bond acceptors (Lipinski definition) is 2. The zero-order chi connectivity index (χ0) is 13.1. The molecule has 96 valence electrons. The van der Waals surface area contributed by atoms with Gasteiger partial charge in [0.1, 0.15) is 0 Å². The summed E-state index contributed by atoms with van der Waals surface area (Å²) in [6.45, 7) is 12.2. The average Bonchev–Trinajstić information content (AvgIpc) is 1.99. The Balaban J connectivity index is 4.40. The summed E-state index contributed by atoms with van der Waals surface area (Å²) in [7, 11) is 0. The molecule has 0 aliphatic rings. The first-order chi connectivity index (χ1) is 6.96. The third-order valence-corrected chi connectivity index (χ3v) is 3.41. The Morgan fingerprint density at radius 3 is 1.94 bits per heavy atom. The Kier molecular flexibility index (Phi) is 4.99. The molecule has 0 fully saturated rings. The standard InChI is InChI=1S/C13H27NO2/c1-9(11(15)16)7-12(3,4)8-10(2)13(5,6)14/h9-10H,7-8,14H2,1-6H3,(H,15,16). The van der Waals surface area contributed by atoms with E-state index in [1.165, 1.54) is 0 Å². The molecule has 0 heterocycles. The van der Waals surface area contributed by atoms with Crippen LogP contribution in [0.3, 0.4) is 0 Å². The first-order valence-electron chi connectivity index (χ1n) is 5.97. The Morgan fingerprint density at radius 1 is 1.19 bits per heavy atom. The molecule has 0 aliphatic carbocycles. The van der Waals surface area contributed by atoms with Gasteiger partial charge in [0.2, 0.25) is 0 Å². The third-order valence-electron chi connectivity index (χ3n) is 3.41. The highest BCUT2D eigenvalue weighted by molar-refractivity contribution is 5.69. The van der Waals surface area contributed by atoms with Gasteiger partial charge in [0, 0.05) is 5.54 Å². The highest BCUT2D eigenvalue weighted by Gasteiger charge is 2.30. The molecule has 0 aromatic rings. The average molecular weight is 229 g/mol. The number of hydrogen-bond donors (Lipinski definition) is 2. The van der Waals surface area contributed by atoms with Crippen LogP contribution in [-0.2, 0) is 4.79 Å². The van der Waals surface area contributed by atoms with Crippen LogP contribution in [0.25, 0.3) is 0 Å². The molecule has 16 heavy (non-hydrogen) atoms. The molecular weight excluding hydrogens is 202 g/mol. The smallest absolute Gasteiger partial charge is 0.306 e. The second-order valence-corrected chi connectivity index (χ2v) is 6.53. The fraction of sp³-hybridized carbons (Fsp3) is 0.923. The summed E-state index contributed by atoms with van der Waals surface area (Å²) in [4.78, 5) is 10.8. The van der Waals surface area contributed by atoms with Gasteiger partial charge in [-0.1, -0.05) is 27.7 Å². The third kappa shape index (κ3) is 5.50. The lowest BCUT2D eigenvalue weighted by atomic mass is 9.72. The number of carbonyl (C=O) groups is 1. The molecule has 0 saturated heterocycles.